The maximum Gasteiger partial charge on any atom is 0.338 e. The number of carboxylic acids is 1. The maximum atomic E-state index is 11.9. The molecule has 1 aromatic rings. The lowest BCUT2D eigenvalue weighted by molar-refractivity contribution is 0.0698. The Labute approximate surface area is 108 Å². The summed E-state index contributed by atoms with van der Waals surface area (Å²) in [5, 5.41) is 22.9. The molecular weight excluding hydrogens is 256 g/mol. The highest BCUT2D eigenvalue weighted by Gasteiger charge is 2.23. The van der Waals surface area contributed by atoms with Crippen molar-refractivity contribution in [1.82, 2.24) is 4.90 Å². The van der Waals surface area contributed by atoms with Gasteiger partial charge in [-0.3, -0.25) is 5.32 Å². The third-order valence-electron chi connectivity index (χ3n) is 2.80. The zero-order valence-corrected chi connectivity index (χ0v) is 10.4. The van der Waals surface area contributed by atoms with Gasteiger partial charge in [0.1, 0.15) is 5.00 Å². The van der Waals surface area contributed by atoms with Gasteiger partial charge in [0, 0.05) is 13.1 Å². The summed E-state index contributed by atoms with van der Waals surface area (Å²) >= 11 is 1.17. The van der Waals surface area contributed by atoms with Crippen molar-refractivity contribution in [2.24, 2.45) is 0 Å². The van der Waals surface area contributed by atoms with Crippen molar-refractivity contribution in [2.45, 2.75) is 18.9 Å². The van der Waals surface area contributed by atoms with Crippen LogP contribution in [0.5, 0.6) is 0 Å². The molecule has 18 heavy (non-hydrogen) atoms. The minimum Gasteiger partial charge on any atom is -0.478 e. The molecule has 1 atom stereocenters. The molecule has 2 heterocycles. The molecule has 0 unspecified atom stereocenters. The van der Waals surface area contributed by atoms with Gasteiger partial charge in [-0.25, -0.2) is 9.59 Å². The number of likely N-dealkylation sites (tertiary alicyclic amines) is 1. The minimum absolute atomic E-state index is 0.0888. The molecular formula is C11H14N2O4S. The Morgan fingerprint density at radius 3 is 2.94 bits per heavy atom. The Balaban J connectivity index is 2.02. The van der Waals surface area contributed by atoms with Crippen LogP contribution in [0, 0.1) is 0 Å². The Hall–Kier alpha value is -1.60. The lowest BCUT2D eigenvalue weighted by Gasteiger charge is -2.29. The first kappa shape index (κ1) is 12.8. The second-order valence-electron chi connectivity index (χ2n) is 4.14. The molecule has 1 saturated heterocycles. The number of nitrogens with one attached hydrogen (secondary N) is 1. The quantitative estimate of drug-likeness (QED) is 0.758. The van der Waals surface area contributed by atoms with Crippen LogP contribution in [0.2, 0.25) is 0 Å². The second-order valence-corrected chi connectivity index (χ2v) is 5.06. The van der Waals surface area contributed by atoms with Gasteiger partial charge in [-0.1, -0.05) is 0 Å². The van der Waals surface area contributed by atoms with Crippen molar-refractivity contribution in [2.75, 3.05) is 18.4 Å². The number of aromatic carboxylic acids is 1. The van der Waals surface area contributed by atoms with Crippen molar-refractivity contribution < 1.29 is 19.8 Å². The topological polar surface area (TPSA) is 89.9 Å². The number of aliphatic hydroxyl groups excluding tert-OH is 1. The number of carboxylic acid groups (broad SMARTS) is 1. The van der Waals surface area contributed by atoms with Crippen molar-refractivity contribution in [1.29, 1.82) is 0 Å². The van der Waals surface area contributed by atoms with Gasteiger partial charge >= 0.3 is 12.0 Å². The molecule has 0 bridgehead atoms. The summed E-state index contributed by atoms with van der Waals surface area (Å²) in [7, 11) is 0. The number of nitrogens with zero attached hydrogens (tertiary/aromatic N) is 1. The average Bonchev–Trinajstić information content (AvgIpc) is 2.77. The number of piperidine rings is 1. The van der Waals surface area contributed by atoms with Gasteiger partial charge in [0.25, 0.3) is 0 Å². The van der Waals surface area contributed by atoms with Crippen LogP contribution in [0.3, 0.4) is 0 Å². The van der Waals surface area contributed by atoms with Crippen LogP contribution in [0.1, 0.15) is 23.2 Å². The third-order valence-corrected chi connectivity index (χ3v) is 3.63. The Bertz CT molecular complexity index is 460. The van der Waals surface area contributed by atoms with E-state index in [0.29, 0.717) is 24.5 Å². The van der Waals surface area contributed by atoms with E-state index in [9.17, 15) is 14.7 Å². The molecule has 6 nitrogen and oxygen atoms in total. The Morgan fingerprint density at radius 1 is 1.50 bits per heavy atom. The minimum atomic E-state index is -1.06. The molecule has 0 saturated carbocycles. The van der Waals surface area contributed by atoms with E-state index in [4.69, 9.17) is 5.11 Å². The summed E-state index contributed by atoms with van der Waals surface area (Å²) in [5.74, 6) is -1.06. The number of amides is 2. The van der Waals surface area contributed by atoms with E-state index < -0.39 is 12.1 Å². The summed E-state index contributed by atoms with van der Waals surface area (Å²) < 4.78 is 0. The van der Waals surface area contributed by atoms with Crippen molar-refractivity contribution in [3.63, 3.8) is 0 Å². The highest BCUT2D eigenvalue weighted by Crippen LogP contribution is 2.24. The average molecular weight is 270 g/mol. The van der Waals surface area contributed by atoms with E-state index in [2.05, 4.69) is 5.32 Å². The fraction of sp³-hybridized carbons (Fsp3) is 0.455. The summed E-state index contributed by atoms with van der Waals surface area (Å²) in [6.45, 7) is 0.871. The number of carbonyl (C=O) groups excluding carboxylic acids is 1. The summed E-state index contributed by atoms with van der Waals surface area (Å²) in [6.07, 6.45) is 0.959. The maximum absolute atomic E-state index is 11.9. The van der Waals surface area contributed by atoms with Crippen molar-refractivity contribution in [3.05, 3.63) is 17.0 Å². The van der Waals surface area contributed by atoms with Crippen LogP contribution < -0.4 is 5.32 Å². The van der Waals surface area contributed by atoms with E-state index in [1.54, 1.807) is 5.38 Å². The van der Waals surface area contributed by atoms with Crippen LogP contribution in [-0.4, -0.2) is 46.3 Å². The molecule has 98 valence electrons. The monoisotopic (exact) mass is 270 g/mol. The SMILES string of the molecule is O=C(O)c1ccsc1NC(=O)N1CCC[C@H](O)C1. The zero-order chi connectivity index (χ0) is 13.1. The Morgan fingerprint density at radius 2 is 2.28 bits per heavy atom. The van der Waals surface area contributed by atoms with Crippen molar-refractivity contribution >= 4 is 28.3 Å². The molecule has 7 heteroatoms. The van der Waals surface area contributed by atoms with Crippen LogP contribution in [0.4, 0.5) is 9.80 Å². The van der Waals surface area contributed by atoms with E-state index >= 15 is 0 Å². The van der Waals surface area contributed by atoms with E-state index in [0.717, 1.165) is 6.42 Å². The fourth-order valence-electron chi connectivity index (χ4n) is 1.89. The van der Waals surface area contributed by atoms with Gasteiger partial charge in [0.05, 0.1) is 11.7 Å². The molecule has 2 amide bonds. The first-order chi connectivity index (χ1) is 8.58. The lowest BCUT2D eigenvalue weighted by Crippen LogP contribution is -2.44. The standard InChI is InChI=1S/C11H14N2O4S/c14-7-2-1-4-13(6-7)11(17)12-9-8(10(15)16)3-5-18-9/h3,5,7,14H,1-2,4,6H2,(H,12,17)(H,15,16)/t7-/m0/s1. The summed E-state index contributed by atoms with van der Waals surface area (Å²) in [6, 6.07) is 1.09. The van der Waals surface area contributed by atoms with Gasteiger partial charge in [-0.15, -0.1) is 11.3 Å². The first-order valence-corrected chi connectivity index (χ1v) is 6.50. The number of hydrogen-bond donors (Lipinski definition) is 3. The molecule has 1 aliphatic rings. The molecule has 0 aliphatic carbocycles. The molecule has 1 fully saturated rings. The zero-order valence-electron chi connectivity index (χ0n) is 9.63. The molecule has 0 aromatic carbocycles. The predicted octanol–water partition coefficient (Wildman–Crippen LogP) is 1.43. The van der Waals surface area contributed by atoms with Crippen LogP contribution in [0.25, 0.3) is 0 Å². The predicted molar refractivity (Wildman–Crippen MR) is 67.1 cm³/mol. The molecule has 0 spiro atoms. The summed E-state index contributed by atoms with van der Waals surface area (Å²) in [4.78, 5) is 24.3. The number of rotatable bonds is 2. The smallest absolute Gasteiger partial charge is 0.338 e. The number of urea groups is 1. The van der Waals surface area contributed by atoms with E-state index in [1.807, 2.05) is 0 Å². The normalized spacial score (nSPS) is 19.6. The number of anilines is 1. The highest BCUT2D eigenvalue weighted by molar-refractivity contribution is 7.14. The number of thiophene rings is 1. The van der Waals surface area contributed by atoms with E-state index in [1.165, 1.54) is 22.3 Å². The number of aliphatic hydroxyl groups is 1. The molecule has 0 radical (unpaired) electrons. The lowest BCUT2D eigenvalue weighted by atomic mass is 10.1. The molecule has 1 aliphatic heterocycles. The second kappa shape index (κ2) is 5.36. The van der Waals surface area contributed by atoms with Gasteiger partial charge in [-0.2, -0.15) is 0 Å². The van der Waals surface area contributed by atoms with Gasteiger partial charge in [0.2, 0.25) is 0 Å². The number of hydrogen-bond acceptors (Lipinski definition) is 4. The van der Waals surface area contributed by atoms with Gasteiger partial charge < -0.3 is 15.1 Å². The number of β-amino-alcohol motifs (C(OH)–C–C–N with tert-alkyl or cyclic N) is 1. The van der Waals surface area contributed by atoms with Gasteiger partial charge in [0.15, 0.2) is 0 Å². The largest absolute Gasteiger partial charge is 0.478 e. The van der Waals surface area contributed by atoms with Crippen LogP contribution in [-0.2, 0) is 0 Å². The summed E-state index contributed by atoms with van der Waals surface area (Å²) in [5.41, 5.74) is 0.0888. The van der Waals surface area contributed by atoms with E-state index in [-0.39, 0.29) is 11.6 Å². The first-order valence-electron chi connectivity index (χ1n) is 5.62. The molecule has 1 aromatic heterocycles. The highest BCUT2D eigenvalue weighted by atomic mass is 32.1. The van der Waals surface area contributed by atoms with Crippen LogP contribution >= 0.6 is 11.3 Å². The molecule has 2 rings (SSSR count). The third kappa shape index (κ3) is 2.80. The van der Waals surface area contributed by atoms with Crippen LogP contribution in [0.15, 0.2) is 11.4 Å². The number of carbonyl (C=O) groups is 2. The Kier molecular flexibility index (Phi) is 3.83. The van der Waals surface area contributed by atoms with Gasteiger partial charge in [-0.05, 0) is 24.3 Å². The fourth-order valence-corrected chi connectivity index (χ4v) is 2.66. The van der Waals surface area contributed by atoms with Crippen molar-refractivity contribution in [3.8, 4) is 0 Å². The molecule has 3 N–H and O–H groups in total.